The van der Waals surface area contributed by atoms with Crippen molar-refractivity contribution in [1.82, 2.24) is 15.3 Å². The fraction of sp³-hybridized carbons (Fsp3) is 0.417. The topological polar surface area (TPSA) is 76.2 Å². The highest BCUT2D eigenvalue weighted by Gasteiger charge is 2.42. The Morgan fingerprint density at radius 2 is 1.97 bits per heavy atom. The number of carbonyl (C=O) groups is 1. The van der Waals surface area contributed by atoms with E-state index in [0.29, 0.717) is 26.1 Å². The van der Waals surface area contributed by atoms with Gasteiger partial charge in [-0.05, 0) is 61.1 Å². The Balaban J connectivity index is 1.63. The number of nitrogens with one attached hydrogen (secondary N) is 2. The fourth-order valence-electron chi connectivity index (χ4n) is 4.22. The van der Waals surface area contributed by atoms with Crippen LogP contribution in [-0.2, 0) is 14.9 Å². The number of para-hydroxylation sites is 2. The van der Waals surface area contributed by atoms with Gasteiger partial charge in [0.25, 0.3) is 0 Å². The summed E-state index contributed by atoms with van der Waals surface area (Å²) in [6, 6.07) is 15.6. The molecule has 1 aliphatic rings. The molecule has 1 fully saturated rings. The quantitative estimate of drug-likeness (QED) is 0.549. The largest absolute Gasteiger partial charge is 0.497 e. The number of amides is 1. The molecule has 1 saturated heterocycles. The summed E-state index contributed by atoms with van der Waals surface area (Å²) in [4.78, 5) is 22.0. The van der Waals surface area contributed by atoms with E-state index < -0.39 is 5.41 Å². The Labute approximate surface area is 187 Å². The van der Waals surface area contributed by atoms with Crippen molar-refractivity contribution in [2.75, 3.05) is 32.3 Å². The van der Waals surface area contributed by atoms with Crippen molar-refractivity contribution in [2.24, 2.45) is 0 Å². The van der Waals surface area contributed by atoms with Crippen molar-refractivity contribution in [1.29, 1.82) is 0 Å². The van der Waals surface area contributed by atoms with Gasteiger partial charge in [0.15, 0.2) is 0 Å². The molecule has 1 aliphatic heterocycles. The maximum atomic E-state index is 13.8. The minimum Gasteiger partial charge on any atom is -0.497 e. The highest BCUT2D eigenvalue weighted by Crippen LogP contribution is 2.37. The molecular formula is C24H29N3O3S. The maximum absolute atomic E-state index is 13.8. The number of carbonyl (C=O) groups excluding carboxylic acids is 1. The van der Waals surface area contributed by atoms with Gasteiger partial charge in [-0.15, -0.1) is 0 Å². The molecule has 164 valence electrons. The van der Waals surface area contributed by atoms with Crippen LogP contribution < -0.4 is 10.1 Å². The first kappa shape index (κ1) is 21.7. The van der Waals surface area contributed by atoms with Crippen LogP contribution in [0.15, 0.2) is 48.5 Å². The summed E-state index contributed by atoms with van der Waals surface area (Å²) in [5.74, 6) is 2.56. The lowest BCUT2D eigenvalue weighted by molar-refractivity contribution is -0.131. The number of benzene rings is 2. The summed E-state index contributed by atoms with van der Waals surface area (Å²) in [7, 11) is 1.65. The molecule has 7 heteroatoms. The first-order valence-electron chi connectivity index (χ1n) is 10.6. The molecule has 2 N–H and O–H groups in total. The number of thioether (sulfide) groups is 1. The number of fused-ring (bicyclic) bond motifs is 1. The predicted octanol–water partition coefficient (Wildman–Crippen LogP) is 4.23. The average molecular weight is 440 g/mol. The van der Waals surface area contributed by atoms with Gasteiger partial charge in [0, 0.05) is 13.2 Å². The number of methoxy groups -OCH3 is 1. The summed E-state index contributed by atoms with van der Waals surface area (Å²) in [5.41, 5.74) is 2.28. The van der Waals surface area contributed by atoms with Crippen molar-refractivity contribution in [2.45, 2.75) is 30.7 Å². The van der Waals surface area contributed by atoms with E-state index in [2.05, 4.69) is 16.6 Å². The molecule has 1 amide bonds. The van der Waals surface area contributed by atoms with Crippen molar-refractivity contribution in [3.8, 4) is 5.75 Å². The molecular weight excluding hydrogens is 410 g/mol. The second-order valence-electron chi connectivity index (χ2n) is 7.87. The number of nitrogens with zero attached hydrogens (tertiary/aromatic N) is 1. The number of imidazole rings is 1. The summed E-state index contributed by atoms with van der Waals surface area (Å²) < 4.78 is 10.9. The SMILES string of the molecule is COc1ccc(C2(C(=O)N[C@H](CCSC)c3nc4ccccc4[nH]3)CCOCC2)cc1. The van der Waals surface area contributed by atoms with Crippen LogP contribution >= 0.6 is 11.8 Å². The van der Waals surface area contributed by atoms with E-state index in [0.717, 1.165) is 40.3 Å². The number of aromatic amines is 1. The number of hydrogen-bond donors (Lipinski definition) is 2. The zero-order chi connectivity index (χ0) is 21.7. The Morgan fingerprint density at radius 3 is 2.65 bits per heavy atom. The maximum Gasteiger partial charge on any atom is 0.231 e. The second kappa shape index (κ2) is 9.75. The molecule has 3 aromatic rings. The third-order valence-electron chi connectivity index (χ3n) is 6.08. The zero-order valence-corrected chi connectivity index (χ0v) is 18.8. The molecule has 1 atom stereocenters. The molecule has 0 radical (unpaired) electrons. The Kier molecular flexibility index (Phi) is 6.83. The molecule has 6 nitrogen and oxygen atoms in total. The van der Waals surface area contributed by atoms with E-state index in [-0.39, 0.29) is 11.9 Å². The molecule has 0 unspecified atom stereocenters. The van der Waals surface area contributed by atoms with E-state index in [1.807, 2.05) is 48.5 Å². The first-order chi connectivity index (χ1) is 15.2. The molecule has 0 aliphatic carbocycles. The first-order valence-corrected chi connectivity index (χ1v) is 12.0. The lowest BCUT2D eigenvalue weighted by atomic mass is 9.73. The van der Waals surface area contributed by atoms with Gasteiger partial charge < -0.3 is 19.8 Å². The van der Waals surface area contributed by atoms with Gasteiger partial charge in [-0.25, -0.2) is 4.98 Å². The Morgan fingerprint density at radius 1 is 1.23 bits per heavy atom. The lowest BCUT2D eigenvalue weighted by Crippen LogP contribution is -2.49. The predicted molar refractivity (Wildman–Crippen MR) is 125 cm³/mol. The van der Waals surface area contributed by atoms with Crippen molar-refractivity contribution in [3.63, 3.8) is 0 Å². The number of ether oxygens (including phenoxy) is 2. The zero-order valence-electron chi connectivity index (χ0n) is 18.0. The number of H-pyrrole nitrogens is 1. The Bertz CT molecular complexity index is 979. The van der Waals surface area contributed by atoms with Crippen LogP contribution in [0.3, 0.4) is 0 Å². The van der Waals surface area contributed by atoms with Crippen molar-refractivity contribution >= 4 is 28.7 Å². The van der Waals surface area contributed by atoms with Crippen LogP contribution in [0.1, 0.15) is 36.7 Å². The molecule has 4 rings (SSSR count). The third-order valence-corrected chi connectivity index (χ3v) is 6.72. The van der Waals surface area contributed by atoms with Crippen LogP contribution in [0.2, 0.25) is 0 Å². The number of aromatic nitrogens is 2. The van der Waals surface area contributed by atoms with Gasteiger partial charge >= 0.3 is 0 Å². The van der Waals surface area contributed by atoms with Crippen molar-refractivity contribution < 1.29 is 14.3 Å². The van der Waals surface area contributed by atoms with Crippen LogP contribution in [0.25, 0.3) is 11.0 Å². The number of hydrogen-bond acceptors (Lipinski definition) is 5. The van der Waals surface area contributed by atoms with E-state index >= 15 is 0 Å². The molecule has 0 spiro atoms. The van der Waals surface area contributed by atoms with E-state index in [9.17, 15) is 4.79 Å². The minimum atomic E-state index is -0.617. The van der Waals surface area contributed by atoms with Gasteiger partial charge in [-0.3, -0.25) is 4.79 Å². The molecule has 31 heavy (non-hydrogen) atoms. The van der Waals surface area contributed by atoms with Crippen molar-refractivity contribution in [3.05, 3.63) is 59.9 Å². The van der Waals surface area contributed by atoms with Crippen LogP contribution in [-0.4, -0.2) is 48.2 Å². The second-order valence-corrected chi connectivity index (χ2v) is 8.86. The summed E-state index contributed by atoms with van der Waals surface area (Å²) in [5, 5.41) is 3.33. The van der Waals surface area contributed by atoms with Crippen LogP contribution in [0.4, 0.5) is 0 Å². The van der Waals surface area contributed by atoms with E-state index in [1.165, 1.54) is 0 Å². The highest BCUT2D eigenvalue weighted by atomic mass is 32.2. The molecule has 0 bridgehead atoms. The van der Waals surface area contributed by atoms with Crippen LogP contribution in [0.5, 0.6) is 5.75 Å². The van der Waals surface area contributed by atoms with Gasteiger partial charge in [-0.1, -0.05) is 24.3 Å². The lowest BCUT2D eigenvalue weighted by Gasteiger charge is -2.37. The standard InChI is InChI=1S/C24H29N3O3S/c1-29-18-9-7-17(8-10-18)24(12-14-30-15-13-24)23(28)27-21(11-16-31-2)22-25-19-5-3-4-6-20(19)26-22/h3-10,21H,11-16H2,1-2H3,(H,25,26)(H,27,28)/t21-/m1/s1. The molecule has 1 aromatic heterocycles. The molecule has 2 heterocycles. The molecule has 2 aromatic carbocycles. The van der Waals surface area contributed by atoms with Gasteiger partial charge in [0.05, 0.1) is 29.6 Å². The monoisotopic (exact) mass is 439 g/mol. The minimum absolute atomic E-state index is 0.0347. The van der Waals surface area contributed by atoms with Gasteiger partial charge in [0.2, 0.25) is 5.91 Å². The smallest absolute Gasteiger partial charge is 0.231 e. The normalized spacial score (nSPS) is 16.7. The summed E-state index contributed by atoms with van der Waals surface area (Å²) in [6.45, 7) is 1.14. The third kappa shape index (κ3) is 4.57. The molecule has 0 saturated carbocycles. The van der Waals surface area contributed by atoms with Crippen LogP contribution in [0, 0.1) is 0 Å². The van der Waals surface area contributed by atoms with E-state index in [1.54, 1.807) is 18.9 Å². The summed E-state index contributed by atoms with van der Waals surface area (Å²) >= 11 is 1.77. The average Bonchev–Trinajstić information content (AvgIpc) is 3.26. The van der Waals surface area contributed by atoms with Gasteiger partial charge in [-0.2, -0.15) is 11.8 Å². The van der Waals surface area contributed by atoms with Gasteiger partial charge in [0.1, 0.15) is 11.6 Å². The summed E-state index contributed by atoms with van der Waals surface area (Å²) in [6.07, 6.45) is 4.19. The highest BCUT2D eigenvalue weighted by molar-refractivity contribution is 7.98. The number of rotatable bonds is 8. The Hall–Kier alpha value is -2.51. The fourth-order valence-corrected chi connectivity index (χ4v) is 4.70. The van der Waals surface area contributed by atoms with E-state index in [4.69, 9.17) is 14.5 Å².